The first-order valence-electron chi connectivity index (χ1n) is 10.4. The summed E-state index contributed by atoms with van der Waals surface area (Å²) < 4.78 is 13.7. The van der Waals surface area contributed by atoms with Crippen molar-refractivity contribution in [2.45, 2.75) is 39.8 Å². The van der Waals surface area contributed by atoms with Crippen molar-refractivity contribution in [3.05, 3.63) is 52.0 Å². The number of methoxy groups -OCH3 is 1. The summed E-state index contributed by atoms with van der Waals surface area (Å²) in [6, 6.07) is 11.3. The van der Waals surface area contributed by atoms with E-state index < -0.39 is 0 Å². The van der Waals surface area contributed by atoms with E-state index in [0.717, 1.165) is 36.2 Å². The van der Waals surface area contributed by atoms with Crippen LogP contribution in [0.1, 0.15) is 30.9 Å². The maximum absolute atomic E-state index is 12.3. The van der Waals surface area contributed by atoms with Gasteiger partial charge in [0.25, 0.3) is 5.91 Å². The lowest BCUT2D eigenvalue weighted by atomic mass is 10.2. The molecule has 1 aromatic heterocycles. The van der Waals surface area contributed by atoms with Crippen LogP contribution >= 0.6 is 15.9 Å². The number of carbonyl (C=O) groups excluding carboxylic acids is 1. The number of nitrogens with zero attached hydrogens (tertiary/aromatic N) is 4. The van der Waals surface area contributed by atoms with E-state index in [1.165, 1.54) is 0 Å². The van der Waals surface area contributed by atoms with Gasteiger partial charge >= 0.3 is 0 Å². The molecule has 1 heterocycles. The molecule has 10 heteroatoms. The number of aryl methyl sites for hydroxylation is 2. The molecule has 170 valence electrons. The van der Waals surface area contributed by atoms with Gasteiger partial charge in [0.15, 0.2) is 18.1 Å². The van der Waals surface area contributed by atoms with E-state index in [4.69, 9.17) is 9.47 Å². The second kappa shape index (κ2) is 11.5. The van der Waals surface area contributed by atoms with Crippen LogP contribution in [-0.2, 0) is 17.9 Å². The summed E-state index contributed by atoms with van der Waals surface area (Å²) in [5.41, 5.74) is 2.79. The average Bonchev–Trinajstić information content (AvgIpc) is 3.24. The summed E-state index contributed by atoms with van der Waals surface area (Å²) >= 11 is 3.52. The average molecular weight is 503 g/mol. The number of tetrazole rings is 1. The molecule has 1 amide bonds. The van der Waals surface area contributed by atoms with Crippen LogP contribution in [0, 0.1) is 6.92 Å². The number of amides is 1. The Labute approximate surface area is 195 Å². The Bertz CT molecular complexity index is 1040. The van der Waals surface area contributed by atoms with E-state index in [2.05, 4.69) is 49.0 Å². The highest BCUT2D eigenvalue weighted by Gasteiger charge is 2.14. The minimum absolute atomic E-state index is 0.146. The number of hydrogen-bond acceptors (Lipinski definition) is 7. The van der Waals surface area contributed by atoms with Crippen molar-refractivity contribution >= 4 is 33.5 Å². The van der Waals surface area contributed by atoms with Gasteiger partial charge in [0, 0.05) is 18.8 Å². The minimum atomic E-state index is -0.257. The van der Waals surface area contributed by atoms with Crippen LogP contribution in [0.25, 0.3) is 0 Å². The van der Waals surface area contributed by atoms with Crippen LogP contribution in [0.3, 0.4) is 0 Å². The SMILES string of the molecule is CCCCn1nnnc1NCc1cc(Br)c(OCC(=O)Nc2ccc(C)cc2)c(OC)c1. The summed E-state index contributed by atoms with van der Waals surface area (Å²) in [6.07, 6.45) is 2.07. The molecule has 2 aromatic carbocycles. The first-order chi connectivity index (χ1) is 15.5. The number of unbranched alkanes of at least 4 members (excludes halogenated alkanes) is 1. The number of aromatic nitrogens is 4. The summed E-state index contributed by atoms with van der Waals surface area (Å²) in [6.45, 7) is 5.22. The van der Waals surface area contributed by atoms with E-state index in [1.54, 1.807) is 11.8 Å². The van der Waals surface area contributed by atoms with E-state index in [1.807, 2.05) is 43.3 Å². The molecule has 3 rings (SSSR count). The van der Waals surface area contributed by atoms with Crippen molar-refractivity contribution in [2.24, 2.45) is 0 Å². The zero-order valence-corrected chi connectivity index (χ0v) is 20.0. The monoisotopic (exact) mass is 502 g/mol. The Hall–Kier alpha value is -3.14. The lowest BCUT2D eigenvalue weighted by Gasteiger charge is -2.15. The Balaban J connectivity index is 1.61. The van der Waals surface area contributed by atoms with Gasteiger partial charge in [-0.1, -0.05) is 36.1 Å². The standard InChI is InChI=1S/C22H27BrN6O3/c1-4-5-10-29-22(26-27-28-29)24-13-16-11-18(23)21(19(12-16)31-3)32-14-20(30)25-17-8-6-15(2)7-9-17/h6-9,11-12H,4-5,10,13-14H2,1-3H3,(H,25,30)(H,24,26,28). The van der Waals surface area contributed by atoms with Crippen LogP contribution in [0.4, 0.5) is 11.6 Å². The Kier molecular flexibility index (Phi) is 8.43. The van der Waals surface area contributed by atoms with E-state index in [0.29, 0.717) is 28.5 Å². The topological polar surface area (TPSA) is 103 Å². The molecule has 0 aliphatic carbocycles. The summed E-state index contributed by atoms with van der Waals surface area (Å²) in [4.78, 5) is 12.3. The molecule has 0 saturated carbocycles. The largest absolute Gasteiger partial charge is 0.493 e. The summed E-state index contributed by atoms with van der Waals surface area (Å²) in [5.74, 6) is 1.34. The van der Waals surface area contributed by atoms with Crippen LogP contribution in [0.5, 0.6) is 11.5 Å². The zero-order chi connectivity index (χ0) is 22.9. The van der Waals surface area contributed by atoms with Crippen LogP contribution < -0.4 is 20.1 Å². The number of nitrogens with one attached hydrogen (secondary N) is 2. The first kappa shape index (κ1) is 23.5. The third kappa shape index (κ3) is 6.43. The number of carbonyl (C=O) groups is 1. The van der Waals surface area contributed by atoms with Gasteiger partial charge in [0.2, 0.25) is 5.95 Å². The highest BCUT2D eigenvalue weighted by Crippen LogP contribution is 2.36. The highest BCUT2D eigenvalue weighted by atomic mass is 79.9. The van der Waals surface area contributed by atoms with Crippen molar-refractivity contribution in [3.8, 4) is 11.5 Å². The first-order valence-corrected chi connectivity index (χ1v) is 11.1. The van der Waals surface area contributed by atoms with Gasteiger partial charge in [-0.2, -0.15) is 0 Å². The summed E-state index contributed by atoms with van der Waals surface area (Å²) in [5, 5.41) is 17.8. The molecule has 0 radical (unpaired) electrons. The normalized spacial score (nSPS) is 10.6. The molecule has 2 N–H and O–H groups in total. The van der Waals surface area contributed by atoms with Gasteiger partial charge in [-0.25, -0.2) is 4.68 Å². The molecule has 3 aromatic rings. The maximum atomic E-state index is 12.3. The van der Waals surface area contributed by atoms with Crippen LogP contribution in [0.2, 0.25) is 0 Å². The number of rotatable bonds is 11. The molecule has 0 atom stereocenters. The zero-order valence-electron chi connectivity index (χ0n) is 18.4. The second-order valence-corrected chi connectivity index (χ2v) is 8.10. The number of halogens is 1. The van der Waals surface area contributed by atoms with E-state index in [-0.39, 0.29) is 12.5 Å². The van der Waals surface area contributed by atoms with Crippen molar-refractivity contribution < 1.29 is 14.3 Å². The summed E-state index contributed by atoms with van der Waals surface area (Å²) in [7, 11) is 1.56. The maximum Gasteiger partial charge on any atom is 0.262 e. The number of benzene rings is 2. The van der Waals surface area contributed by atoms with Gasteiger partial charge in [0.05, 0.1) is 11.6 Å². The lowest BCUT2D eigenvalue weighted by Crippen LogP contribution is -2.20. The minimum Gasteiger partial charge on any atom is -0.493 e. The molecule has 0 bridgehead atoms. The molecule has 0 unspecified atom stereocenters. The fourth-order valence-electron chi connectivity index (χ4n) is 2.96. The molecule has 0 aliphatic heterocycles. The van der Waals surface area contributed by atoms with E-state index in [9.17, 15) is 4.79 Å². The number of ether oxygens (including phenoxy) is 2. The third-order valence-corrected chi connectivity index (χ3v) is 5.27. The number of anilines is 2. The molecular weight excluding hydrogens is 476 g/mol. The fourth-order valence-corrected chi connectivity index (χ4v) is 3.56. The fraction of sp³-hybridized carbons (Fsp3) is 0.364. The van der Waals surface area contributed by atoms with Crippen molar-refractivity contribution in [1.82, 2.24) is 20.2 Å². The molecule has 32 heavy (non-hydrogen) atoms. The van der Waals surface area contributed by atoms with Crippen LogP contribution in [0.15, 0.2) is 40.9 Å². The quantitative estimate of drug-likeness (QED) is 0.405. The van der Waals surface area contributed by atoms with Crippen molar-refractivity contribution in [2.75, 3.05) is 24.4 Å². The van der Waals surface area contributed by atoms with Gasteiger partial charge in [-0.3, -0.25) is 4.79 Å². The van der Waals surface area contributed by atoms with Gasteiger partial charge in [-0.15, -0.1) is 0 Å². The van der Waals surface area contributed by atoms with Gasteiger partial charge in [0.1, 0.15) is 0 Å². The lowest BCUT2D eigenvalue weighted by molar-refractivity contribution is -0.118. The van der Waals surface area contributed by atoms with E-state index >= 15 is 0 Å². The van der Waals surface area contributed by atoms with Crippen LogP contribution in [-0.4, -0.2) is 39.8 Å². The highest BCUT2D eigenvalue weighted by molar-refractivity contribution is 9.10. The Morgan fingerprint density at radius 2 is 2.00 bits per heavy atom. The molecule has 0 saturated heterocycles. The molecule has 0 aliphatic rings. The third-order valence-electron chi connectivity index (χ3n) is 4.68. The molecular formula is C22H27BrN6O3. The smallest absolute Gasteiger partial charge is 0.262 e. The predicted octanol–water partition coefficient (Wildman–Crippen LogP) is 4.18. The van der Waals surface area contributed by atoms with Crippen molar-refractivity contribution in [1.29, 1.82) is 0 Å². The predicted molar refractivity (Wildman–Crippen MR) is 126 cm³/mol. The molecule has 9 nitrogen and oxygen atoms in total. The Morgan fingerprint density at radius 1 is 1.22 bits per heavy atom. The van der Waals surface area contributed by atoms with Crippen molar-refractivity contribution in [3.63, 3.8) is 0 Å². The number of hydrogen-bond donors (Lipinski definition) is 2. The molecule has 0 spiro atoms. The molecule has 0 fully saturated rings. The van der Waals surface area contributed by atoms with Gasteiger partial charge < -0.3 is 20.1 Å². The Morgan fingerprint density at radius 3 is 2.72 bits per heavy atom. The van der Waals surface area contributed by atoms with Gasteiger partial charge in [-0.05, 0) is 69.5 Å². The second-order valence-electron chi connectivity index (χ2n) is 7.24.